The molecule has 2 N–H and O–H groups in total. The molecule has 8 heteroatoms. The Kier molecular flexibility index (Phi) is 6.10. The normalized spacial score (nSPS) is 10.9. The van der Waals surface area contributed by atoms with E-state index >= 15 is 0 Å². The molecule has 134 valence electrons. The summed E-state index contributed by atoms with van der Waals surface area (Å²) in [7, 11) is 1.51. The van der Waals surface area contributed by atoms with Gasteiger partial charge in [0.1, 0.15) is 11.5 Å². The van der Waals surface area contributed by atoms with E-state index in [0.717, 1.165) is 0 Å². The monoisotopic (exact) mass is 354 g/mol. The first-order chi connectivity index (χ1) is 11.9. The number of carbonyl (C=O) groups excluding carboxylic acids is 1. The molecule has 2 aromatic rings. The zero-order valence-corrected chi connectivity index (χ0v) is 13.4. The van der Waals surface area contributed by atoms with Crippen LogP contribution in [-0.4, -0.2) is 32.3 Å². The highest BCUT2D eigenvalue weighted by Gasteiger charge is 2.28. The summed E-state index contributed by atoms with van der Waals surface area (Å²) < 4.78 is 46.6. The predicted octanol–water partition coefficient (Wildman–Crippen LogP) is 3.69. The standard InChI is InChI=1S/C17H17F3N2O3/c1-24-13-6-4-5-12(9-13)22-16(23)10-21-14-7-2-3-8-15(14)25-11-17(18,19)20/h2-9,21H,10-11H2,1H3,(H,22,23). The number of nitrogens with one attached hydrogen (secondary N) is 2. The predicted molar refractivity (Wildman–Crippen MR) is 88.1 cm³/mol. The van der Waals surface area contributed by atoms with Crippen molar-refractivity contribution in [2.75, 3.05) is 30.9 Å². The van der Waals surface area contributed by atoms with E-state index in [-0.39, 0.29) is 18.2 Å². The van der Waals surface area contributed by atoms with Crippen molar-refractivity contribution < 1.29 is 27.4 Å². The van der Waals surface area contributed by atoms with Crippen LogP contribution >= 0.6 is 0 Å². The molecule has 1 amide bonds. The number of hydrogen-bond acceptors (Lipinski definition) is 4. The number of benzene rings is 2. The highest BCUT2D eigenvalue weighted by Crippen LogP contribution is 2.26. The lowest BCUT2D eigenvalue weighted by molar-refractivity contribution is -0.153. The summed E-state index contributed by atoms with van der Waals surface area (Å²) in [4.78, 5) is 12.0. The highest BCUT2D eigenvalue weighted by molar-refractivity contribution is 5.94. The Bertz CT molecular complexity index is 720. The smallest absolute Gasteiger partial charge is 0.422 e. The van der Waals surface area contributed by atoms with Gasteiger partial charge < -0.3 is 20.1 Å². The van der Waals surface area contributed by atoms with Gasteiger partial charge in [-0.25, -0.2) is 0 Å². The fourth-order valence-corrected chi connectivity index (χ4v) is 1.98. The first kappa shape index (κ1) is 18.4. The van der Waals surface area contributed by atoms with Crippen LogP contribution in [0.5, 0.6) is 11.5 Å². The molecule has 0 aromatic heterocycles. The van der Waals surface area contributed by atoms with Crippen LogP contribution in [0.1, 0.15) is 0 Å². The van der Waals surface area contributed by atoms with Crippen molar-refractivity contribution in [1.29, 1.82) is 0 Å². The van der Waals surface area contributed by atoms with Gasteiger partial charge in [-0.05, 0) is 24.3 Å². The second-order valence-corrected chi connectivity index (χ2v) is 5.03. The number of para-hydroxylation sites is 2. The molecule has 0 fully saturated rings. The van der Waals surface area contributed by atoms with E-state index in [9.17, 15) is 18.0 Å². The number of ether oxygens (including phenoxy) is 2. The van der Waals surface area contributed by atoms with E-state index in [1.54, 1.807) is 36.4 Å². The van der Waals surface area contributed by atoms with Crippen molar-refractivity contribution in [2.45, 2.75) is 6.18 Å². The average molecular weight is 354 g/mol. The maximum atomic E-state index is 12.3. The molecular formula is C17H17F3N2O3. The maximum absolute atomic E-state index is 12.3. The van der Waals surface area contributed by atoms with Gasteiger partial charge >= 0.3 is 6.18 Å². The summed E-state index contributed by atoms with van der Waals surface area (Å²) in [5.41, 5.74) is 0.847. The van der Waals surface area contributed by atoms with Gasteiger partial charge in [-0.3, -0.25) is 4.79 Å². The summed E-state index contributed by atoms with van der Waals surface area (Å²) in [5, 5.41) is 5.42. The summed E-state index contributed by atoms with van der Waals surface area (Å²) in [6.07, 6.45) is -4.43. The van der Waals surface area contributed by atoms with Crippen molar-refractivity contribution in [3.05, 3.63) is 48.5 Å². The fraction of sp³-hybridized carbons (Fsp3) is 0.235. The van der Waals surface area contributed by atoms with Crippen LogP contribution in [0.3, 0.4) is 0 Å². The van der Waals surface area contributed by atoms with Crippen molar-refractivity contribution >= 4 is 17.3 Å². The molecule has 0 bridgehead atoms. The lowest BCUT2D eigenvalue weighted by Crippen LogP contribution is -2.23. The van der Waals surface area contributed by atoms with Crippen LogP contribution in [0.2, 0.25) is 0 Å². The molecule has 0 heterocycles. The van der Waals surface area contributed by atoms with Crippen LogP contribution in [0.15, 0.2) is 48.5 Å². The number of alkyl halides is 3. The van der Waals surface area contributed by atoms with Crippen molar-refractivity contribution in [1.82, 2.24) is 0 Å². The number of anilines is 2. The van der Waals surface area contributed by atoms with E-state index in [0.29, 0.717) is 17.1 Å². The largest absolute Gasteiger partial charge is 0.497 e. The summed E-state index contributed by atoms with van der Waals surface area (Å²) >= 11 is 0. The second-order valence-electron chi connectivity index (χ2n) is 5.03. The molecule has 0 saturated heterocycles. The van der Waals surface area contributed by atoms with Crippen LogP contribution in [-0.2, 0) is 4.79 Å². The summed E-state index contributed by atoms with van der Waals surface area (Å²) in [5.74, 6) is 0.254. The SMILES string of the molecule is COc1cccc(NC(=O)CNc2ccccc2OCC(F)(F)F)c1. The fourth-order valence-electron chi connectivity index (χ4n) is 1.98. The molecule has 2 aromatic carbocycles. The van der Waals surface area contributed by atoms with Crippen molar-refractivity contribution in [2.24, 2.45) is 0 Å². The topological polar surface area (TPSA) is 59.6 Å². The molecule has 0 aliphatic rings. The number of hydrogen-bond donors (Lipinski definition) is 2. The lowest BCUT2D eigenvalue weighted by atomic mass is 10.3. The molecule has 2 rings (SSSR count). The zero-order valence-electron chi connectivity index (χ0n) is 13.4. The third-order valence-electron chi connectivity index (χ3n) is 3.07. The third-order valence-corrected chi connectivity index (χ3v) is 3.07. The Morgan fingerprint density at radius 2 is 1.88 bits per heavy atom. The number of rotatable bonds is 7. The zero-order chi connectivity index (χ0) is 18.3. The van der Waals surface area contributed by atoms with Gasteiger partial charge in [0.05, 0.1) is 19.3 Å². The molecule has 0 spiro atoms. The quantitative estimate of drug-likeness (QED) is 0.796. The Morgan fingerprint density at radius 3 is 2.60 bits per heavy atom. The van der Waals surface area contributed by atoms with Crippen molar-refractivity contribution in [3.63, 3.8) is 0 Å². The average Bonchev–Trinajstić information content (AvgIpc) is 2.58. The number of halogens is 3. The summed E-state index contributed by atoms with van der Waals surface area (Å²) in [6, 6.07) is 12.9. The van der Waals surface area contributed by atoms with E-state index in [2.05, 4.69) is 10.6 Å². The van der Waals surface area contributed by atoms with Crippen LogP contribution in [0.25, 0.3) is 0 Å². The number of methoxy groups -OCH3 is 1. The van der Waals surface area contributed by atoms with E-state index < -0.39 is 12.8 Å². The Hall–Kier alpha value is -2.90. The first-order valence-corrected chi connectivity index (χ1v) is 7.34. The van der Waals surface area contributed by atoms with Gasteiger partial charge in [-0.1, -0.05) is 18.2 Å². The molecule has 0 radical (unpaired) electrons. The Balaban J connectivity index is 1.93. The molecule has 0 saturated carbocycles. The van der Waals surface area contributed by atoms with Gasteiger partial charge in [-0.2, -0.15) is 13.2 Å². The number of carbonyl (C=O) groups is 1. The van der Waals surface area contributed by atoms with Crippen LogP contribution in [0.4, 0.5) is 24.5 Å². The Labute approximate surface area is 142 Å². The Morgan fingerprint density at radius 1 is 1.12 bits per heavy atom. The van der Waals surface area contributed by atoms with Gasteiger partial charge in [0.15, 0.2) is 6.61 Å². The molecular weight excluding hydrogens is 337 g/mol. The molecule has 5 nitrogen and oxygen atoms in total. The van der Waals surface area contributed by atoms with Gasteiger partial charge in [-0.15, -0.1) is 0 Å². The molecule has 0 aliphatic heterocycles. The highest BCUT2D eigenvalue weighted by atomic mass is 19.4. The van der Waals surface area contributed by atoms with Gasteiger partial charge in [0.25, 0.3) is 0 Å². The van der Waals surface area contributed by atoms with E-state index in [1.165, 1.54) is 19.2 Å². The van der Waals surface area contributed by atoms with Crippen molar-refractivity contribution in [3.8, 4) is 11.5 Å². The molecule has 25 heavy (non-hydrogen) atoms. The minimum atomic E-state index is -4.43. The maximum Gasteiger partial charge on any atom is 0.422 e. The minimum Gasteiger partial charge on any atom is -0.497 e. The van der Waals surface area contributed by atoms with Crippen LogP contribution in [0, 0.1) is 0 Å². The molecule has 0 atom stereocenters. The summed E-state index contributed by atoms with van der Waals surface area (Å²) in [6.45, 7) is -1.54. The van der Waals surface area contributed by atoms with Gasteiger partial charge in [0, 0.05) is 11.8 Å². The number of amides is 1. The van der Waals surface area contributed by atoms with Crippen LogP contribution < -0.4 is 20.1 Å². The van der Waals surface area contributed by atoms with E-state index in [1.807, 2.05) is 0 Å². The van der Waals surface area contributed by atoms with Gasteiger partial charge in [0.2, 0.25) is 5.91 Å². The second kappa shape index (κ2) is 8.27. The molecule has 0 aliphatic carbocycles. The first-order valence-electron chi connectivity index (χ1n) is 7.34. The molecule has 0 unspecified atom stereocenters. The van der Waals surface area contributed by atoms with E-state index in [4.69, 9.17) is 9.47 Å². The lowest BCUT2D eigenvalue weighted by Gasteiger charge is -2.14. The third kappa shape index (κ3) is 6.25. The minimum absolute atomic E-state index is 0.0222.